The van der Waals surface area contributed by atoms with Gasteiger partial charge in [-0.15, -0.1) is 11.3 Å². The van der Waals surface area contributed by atoms with Crippen molar-refractivity contribution in [3.05, 3.63) is 69.9 Å². The Morgan fingerprint density at radius 1 is 1.07 bits per heavy atom. The lowest BCUT2D eigenvalue weighted by Crippen LogP contribution is -2.25. The molecule has 0 aliphatic rings. The molecule has 28 heavy (non-hydrogen) atoms. The number of thiazole rings is 1. The number of carbonyl (C=O) groups is 1. The molecule has 2 N–H and O–H groups in total. The van der Waals surface area contributed by atoms with Gasteiger partial charge in [0.25, 0.3) is 5.91 Å². The molecular formula is C17H16FN5O3S2. The fraction of sp³-hybridized carbons (Fsp3) is 0.176. The molecule has 0 atom stereocenters. The minimum Gasteiger partial charge on any atom is -0.346 e. The van der Waals surface area contributed by atoms with E-state index < -0.39 is 21.7 Å². The highest BCUT2D eigenvalue weighted by Crippen LogP contribution is 2.11. The third-order valence-electron chi connectivity index (χ3n) is 3.60. The topological polar surface area (TPSA) is 114 Å². The lowest BCUT2D eigenvalue weighted by Gasteiger charge is -2.07. The van der Waals surface area contributed by atoms with E-state index in [0.29, 0.717) is 12.2 Å². The van der Waals surface area contributed by atoms with E-state index in [9.17, 15) is 17.6 Å². The van der Waals surface area contributed by atoms with Gasteiger partial charge in [0.05, 0.1) is 41.1 Å². The van der Waals surface area contributed by atoms with Crippen molar-refractivity contribution in [1.82, 2.24) is 25.0 Å². The SMILES string of the molecule is Cc1ncc(CNC(=O)c2cnc(CNS(=O)(=O)c3ccc(F)cc3)cn2)s1. The Labute approximate surface area is 164 Å². The minimum atomic E-state index is -3.81. The Kier molecular flexibility index (Phi) is 6.07. The summed E-state index contributed by atoms with van der Waals surface area (Å²) in [5.41, 5.74) is 0.451. The molecule has 8 nitrogen and oxygen atoms in total. The molecule has 0 radical (unpaired) electrons. The van der Waals surface area contributed by atoms with E-state index in [2.05, 4.69) is 25.0 Å². The molecule has 0 fully saturated rings. The summed E-state index contributed by atoms with van der Waals surface area (Å²) in [5, 5.41) is 3.63. The number of hydrogen-bond acceptors (Lipinski definition) is 7. The van der Waals surface area contributed by atoms with Gasteiger partial charge in [0.2, 0.25) is 10.0 Å². The predicted molar refractivity (Wildman–Crippen MR) is 100 cm³/mol. The molecule has 0 aliphatic carbocycles. The maximum Gasteiger partial charge on any atom is 0.271 e. The lowest BCUT2D eigenvalue weighted by atomic mass is 10.3. The van der Waals surface area contributed by atoms with E-state index in [-0.39, 0.29) is 17.1 Å². The van der Waals surface area contributed by atoms with E-state index in [1.165, 1.54) is 35.9 Å². The second kappa shape index (κ2) is 8.50. The van der Waals surface area contributed by atoms with Crippen LogP contribution in [0.2, 0.25) is 0 Å². The summed E-state index contributed by atoms with van der Waals surface area (Å²) in [7, 11) is -3.81. The fourth-order valence-electron chi connectivity index (χ4n) is 2.17. The molecule has 2 aromatic heterocycles. The van der Waals surface area contributed by atoms with E-state index in [1.54, 1.807) is 6.20 Å². The van der Waals surface area contributed by atoms with Crippen molar-refractivity contribution in [3.63, 3.8) is 0 Å². The van der Waals surface area contributed by atoms with E-state index >= 15 is 0 Å². The minimum absolute atomic E-state index is 0.0591. The number of rotatable bonds is 7. The van der Waals surface area contributed by atoms with Crippen molar-refractivity contribution in [2.75, 3.05) is 0 Å². The van der Waals surface area contributed by atoms with Crippen molar-refractivity contribution in [2.45, 2.75) is 24.9 Å². The zero-order valence-corrected chi connectivity index (χ0v) is 16.3. The summed E-state index contributed by atoms with van der Waals surface area (Å²) in [6, 6.07) is 4.47. The Morgan fingerprint density at radius 3 is 2.43 bits per heavy atom. The van der Waals surface area contributed by atoms with Gasteiger partial charge < -0.3 is 5.32 Å². The maximum absolute atomic E-state index is 12.9. The van der Waals surface area contributed by atoms with Crippen molar-refractivity contribution in [3.8, 4) is 0 Å². The number of carbonyl (C=O) groups excluding carboxylic acids is 1. The van der Waals surface area contributed by atoms with Gasteiger partial charge in [0.1, 0.15) is 11.5 Å². The van der Waals surface area contributed by atoms with Gasteiger partial charge in [0, 0.05) is 11.1 Å². The third kappa shape index (κ3) is 5.15. The molecule has 0 saturated heterocycles. The smallest absolute Gasteiger partial charge is 0.271 e. The first kappa shape index (κ1) is 20.0. The highest BCUT2D eigenvalue weighted by molar-refractivity contribution is 7.89. The molecule has 3 aromatic rings. The Bertz CT molecular complexity index is 1070. The standard InChI is InChI=1S/C17H16FN5O3S2/c1-11-19-8-14(27-11)9-22-17(24)16-10-20-13(6-21-16)7-23-28(25,26)15-4-2-12(18)3-5-15/h2-6,8,10,23H,7,9H2,1H3,(H,22,24). The number of amides is 1. The number of sulfonamides is 1. The largest absolute Gasteiger partial charge is 0.346 e. The average Bonchev–Trinajstić information content (AvgIpc) is 3.10. The molecule has 3 rings (SSSR count). The van der Waals surface area contributed by atoms with E-state index in [1.807, 2.05) is 6.92 Å². The molecule has 146 valence electrons. The molecule has 0 bridgehead atoms. The summed E-state index contributed by atoms with van der Waals surface area (Å²) in [5.74, 6) is -0.916. The first-order chi connectivity index (χ1) is 13.3. The molecule has 0 unspecified atom stereocenters. The first-order valence-corrected chi connectivity index (χ1v) is 10.4. The monoisotopic (exact) mass is 421 g/mol. The summed E-state index contributed by atoms with van der Waals surface area (Å²) >= 11 is 1.49. The summed E-state index contributed by atoms with van der Waals surface area (Å²) in [6.45, 7) is 2.10. The summed E-state index contributed by atoms with van der Waals surface area (Å²) < 4.78 is 39.6. The number of halogens is 1. The molecule has 0 saturated carbocycles. The molecule has 2 heterocycles. The molecular weight excluding hydrogens is 405 g/mol. The van der Waals surface area contributed by atoms with Gasteiger partial charge in [-0.1, -0.05) is 0 Å². The van der Waals surface area contributed by atoms with Crippen LogP contribution in [0, 0.1) is 12.7 Å². The maximum atomic E-state index is 12.9. The van der Waals surface area contributed by atoms with Gasteiger partial charge >= 0.3 is 0 Å². The average molecular weight is 421 g/mol. The van der Waals surface area contributed by atoms with E-state index in [0.717, 1.165) is 22.0 Å². The van der Waals surface area contributed by atoms with E-state index in [4.69, 9.17) is 0 Å². The zero-order chi connectivity index (χ0) is 20.1. The first-order valence-electron chi connectivity index (χ1n) is 8.09. The third-order valence-corrected chi connectivity index (χ3v) is 5.93. The van der Waals surface area contributed by atoms with Crippen LogP contribution >= 0.6 is 11.3 Å². The highest BCUT2D eigenvalue weighted by Gasteiger charge is 2.15. The van der Waals surface area contributed by atoms with Crippen molar-refractivity contribution >= 4 is 27.3 Å². The Morgan fingerprint density at radius 2 is 1.82 bits per heavy atom. The second-order valence-corrected chi connectivity index (χ2v) is 8.79. The van der Waals surface area contributed by atoms with Gasteiger partial charge in [-0.2, -0.15) is 0 Å². The normalized spacial score (nSPS) is 11.4. The van der Waals surface area contributed by atoms with Crippen molar-refractivity contribution in [2.24, 2.45) is 0 Å². The molecule has 1 amide bonds. The summed E-state index contributed by atoms with van der Waals surface area (Å²) in [6.07, 6.45) is 4.29. The van der Waals surface area contributed by atoms with Crippen LogP contribution in [0.5, 0.6) is 0 Å². The van der Waals surface area contributed by atoms with Gasteiger partial charge in [-0.05, 0) is 31.2 Å². The van der Waals surface area contributed by atoms with Crippen molar-refractivity contribution < 1.29 is 17.6 Å². The summed E-state index contributed by atoms with van der Waals surface area (Å²) in [4.78, 5) is 25.1. The number of nitrogens with zero attached hydrogens (tertiary/aromatic N) is 3. The predicted octanol–water partition coefficient (Wildman–Crippen LogP) is 1.79. The molecule has 1 aromatic carbocycles. The lowest BCUT2D eigenvalue weighted by molar-refractivity contribution is 0.0946. The van der Waals surface area contributed by atoms with Crippen LogP contribution in [0.4, 0.5) is 4.39 Å². The number of benzene rings is 1. The van der Waals surface area contributed by atoms with Gasteiger partial charge in [0.15, 0.2) is 0 Å². The van der Waals surface area contributed by atoms with Crippen molar-refractivity contribution in [1.29, 1.82) is 0 Å². The highest BCUT2D eigenvalue weighted by atomic mass is 32.2. The van der Waals surface area contributed by atoms with Crippen LogP contribution in [0.15, 0.2) is 47.8 Å². The fourth-order valence-corrected chi connectivity index (χ4v) is 3.91. The Hall–Kier alpha value is -2.76. The second-order valence-electron chi connectivity index (χ2n) is 5.70. The van der Waals surface area contributed by atoms with Gasteiger partial charge in [-0.25, -0.2) is 27.5 Å². The number of nitrogens with one attached hydrogen (secondary N) is 2. The zero-order valence-electron chi connectivity index (χ0n) is 14.7. The van der Waals surface area contributed by atoms with Crippen LogP contribution < -0.4 is 10.0 Å². The van der Waals surface area contributed by atoms with Crippen LogP contribution in [0.25, 0.3) is 0 Å². The molecule has 0 spiro atoms. The van der Waals surface area contributed by atoms with Crippen LogP contribution in [-0.2, 0) is 23.1 Å². The quantitative estimate of drug-likeness (QED) is 0.601. The van der Waals surface area contributed by atoms with Crippen LogP contribution in [0.1, 0.15) is 26.1 Å². The van der Waals surface area contributed by atoms with Crippen LogP contribution in [0.3, 0.4) is 0 Å². The number of aromatic nitrogens is 3. The van der Waals surface area contributed by atoms with Crippen LogP contribution in [-0.4, -0.2) is 29.3 Å². The molecule has 11 heteroatoms. The molecule has 0 aliphatic heterocycles. The number of hydrogen-bond donors (Lipinski definition) is 2. The number of aryl methyl sites for hydroxylation is 1. The van der Waals surface area contributed by atoms with Gasteiger partial charge in [-0.3, -0.25) is 9.78 Å². The Balaban J connectivity index is 1.56.